The first-order valence-corrected chi connectivity index (χ1v) is 6.37. The molecule has 2 heterocycles. The Morgan fingerprint density at radius 2 is 2.20 bits per heavy atom. The molecular weight excluding hydrogens is 256 g/mol. The van der Waals surface area contributed by atoms with Gasteiger partial charge >= 0.3 is 5.97 Å². The van der Waals surface area contributed by atoms with E-state index < -0.39 is 5.97 Å². The summed E-state index contributed by atoms with van der Waals surface area (Å²) in [5.41, 5.74) is 3.61. The van der Waals surface area contributed by atoms with E-state index in [9.17, 15) is 4.79 Å². The summed E-state index contributed by atoms with van der Waals surface area (Å²) in [7, 11) is 0. The molecule has 3 rings (SSSR count). The standard InChI is InChI=1S/C14H14N4O2/c1-3-20-14(19)13-12(16-18-17-13)9-5-4-6-11-10(9)7-8(2)15-11/h4-7,15H,3H2,1-2H3,(H,16,17,18). The van der Waals surface area contributed by atoms with Crippen LogP contribution in [-0.4, -0.2) is 33.0 Å². The van der Waals surface area contributed by atoms with Crippen LogP contribution in [0.3, 0.4) is 0 Å². The van der Waals surface area contributed by atoms with Crippen molar-refractivity contribution in [2.75, 3.05) is 6.61 Å². The van der Waals surface area contributed by atoms with E-state index in [2.05, 4.69) is 20.4 Å². The van der Waals surface area contributed by atoms with E-state index in [0.717, 1.165) is 22.2 Å². The minimum atomic E-state index is -0.472. The zero-order chi connectivity index (χ0) is 14.1. The Morgan fingerprint density at radius 1 is 1.35 bits per heavy atom. The van der Waals surface area contributed by atoms with Gasteiger partial charge in [0.2, 0.25) is 0 Å². The Kier molecular flexibility index (Phi) is 2.98. The van der Waals surface area contributed by atoms with Crippen molar-refractivity contribution >= 4 is 16.9 Å². The fraction of sp³-hybridized carbons (Fsp3) is 0.214. The van der Waals surface area contributed by atoms with E-state index in [0.29, 0.717) is 12.3 Å². The fourth-order valence-electron chi connectivity index (χ4n) is 2.26. The number of nitrogens with zero attached hydrogens (tertiary/aromatic N) is 2. The third kappa shape index (κ3) is 1.95. The van der Waals surface area contributed by atoms with E-state index in [1.807, 2.05) is 31.2 Å². The summed E-state index contributed by atoms with van der Waals surface area (Å²) < 4.78 is 5.00. The topological polar surface area (TPSA) is 83.7 Å². The summed E-state index contributed by atoms with van der Waals surface area (Å²) in [6.07, 6.45) is 0. The lowest BCUT2D eigenvalue weighted by Gasteiger charge is -2.02. The van der Waals surface area contributed by atoms with E-state index in [4.69, 9.17) is 4.74 Å². The van der Waals surface area contributed by atoms with E-state index in [-0.39, 0.29) is 5.69 Å². The molecule has 0 atom stereocenters. The van der Waals surface area contributed by atoms with Gasteiger partial charge in [-0.05, 0) is 26.0 Å². The minimum absolute atomic E-state index is 0.207. The molecule has 0 fully saturated rings. The number of H-pyrrole nitrogens is 2. The summed E-state index contributed by atoms with van der Waals surface area (Å²) >= 11 is 0. The predicted octanol–water partition coefficient (Wildman–Crippen LogP) is 2.44. The number of carbonyl (C=O) groups excluding carboxylic acids is 1. The van der Waals surface area contributed by atoms with Gasteiger partial charge in [-0.1, -0.05) is 12.1 Å². The van der Waals surface area contributed by atoms with Crippen LogP contribution in [0.15, 0.2) is 24.3 Å². The number of benzene rings is 1. The largest absolute Gasteiger partial charge is 0.461 e. The van der Waals surface area contributed by atoms with Crippen LogP contribution in [0.4, 0.5) is 0 Å². The average Bonchev–Trinajstić information content (AvgIpc) is 3.03. The fourth-order valence-corrected chi connectivity index (χ4v) is 2.26. The highest BCUT2D eigenvalue weighted by Gasteiger charge is 2.20. The number of aromatic amines is 2. The molecule has 1 aromatic carbocycles. The maximum Gasteiger partial charge on any atom is 0.361 e. The third-order valence-electron chi connectivity index (χ3n) is 3.07. The number of hydrogen-bond acceptors (Lipinski definition) is 4. The maximum atomic E-state index is 11.9. The van der Waals surface area contributed by atoms with Gasteiger partial charge < -0.3 is 9.72 Å². The second kappa shape index (κ2) is 4.80. The van der Waals surface area contributed by atoms with Crippen molar-refractivity contribution in [2.45, 2.75) is 13.8 Å². The summed E-state index contributed by atoms with van der Waals surface area (Å²) in [4.78, 5) is 15.1. The molecule has 0 saturated carbocycles. The van der Waals surface area contributed by atoms with Crippen molar-refractivity contribution < 1.29 is 9.53 Å². The molecule has 2 aromatic heterocycles. The van der Waals surface area contributed by atoms with Crippen molar-refractivity contribution in [3.8, 4) is 11.3 Å². The second-order valence-corrected chi connectivity index (χ2v) is 4.46. The van der Waals surface area contributed by atoms with Crippen molar-refractivity contribution in [1.82, 2.24) is 20.4 Å². The summed E-state index contributed by atoms with van der Waals surface area (Å²) in [6.45, 7) is 4.05. The number of hydrogen-bond donors (Lipinski definition) is 2. The SMILES string of the molecule is CCOC(=O)c1n[nH]nc1-c1cccc2[nH]c(C)cc12. The molecule has 0 aliphatic carbocycles. The highest BCUT2D eigenvalue weighted by atomic mass is 16.5. The lowest BCUT2D eigenvalue weighted by atomic mass is 10.1. The Bertz CT molecular complexity index is 772. The first-order valence-electron chi connectivity index (χ1n) is 6.37. The highest BCUT2D eigenvalue weighted by molar-refractivity contribution is 6.01. The van der Waals surface area contributed by atoms with Crippen LogP contribution in [-0.2, 0) is 4.74 Å². The third-order valence-corrected chi connectivity index (χ3v) is 3.07. The normalized spacial score (nSPS) is 10.9. The van der Waals surface area contributed by atoms with E-state index in [1.165, 1.54) is 0 Å². The molecular formula is C14H14N4O2. The number of aryl methyl sites for hydroxylation is 1. The Hall–Kier alpha value is -2.63. The van der Waals surface area contributed by atoms with Crippen LogP contribution in [0.5, 0.6) is 0 Å². The zero-order valence-corrected chi connectivity index (χ0v) is 11.2. The number of carbonyl (C=O) groups is 1. The summed E-state index contributed by atoms with van der Waals surface area (Å²) in [5.74, 6) is -0.472. The lowest BCUT2D eigenvalue weighted by Crippen LogP contribution is -2.06. The minimum Gasteiger partial charge on any atom is -0.461 e. The van der Waals surface area contributed by atoms with Crippen LogP contribution < -0.4 is 0 Å². The molecule has 0 unspecified atom stereocenters. The molecule has 0 aliphatic heterocycles. The molecule has 0 spiro atoms. The van der Waals surface area contributed by atoms with Gasteiger partial charge in [-0.3, -0.25) is 0 Å². The van der Waals surface area contributed by atoms with Crippen LogP contribution in [0.1, 0.15) is 23.1 Å². The molecule has 6 heteroatoms. The van der Waals surface area contributed by atoms with E-state index in [1.54, 1.807) is 6.92 Å². The highest BCUT2D eigenvalue weighted by Crippen LogP contribution is 2.29. The molecule has 2 N–H and O–H groups in total. The van der Waals surface area contributed by atoms with Crippen LogP contribution in [0.2, 0.25) is 0 Å². The van der Waals surface area contributed by atoms with Crippen LogP contribution >= 0.6 is 0 Å². The van der Waals surface area contributed by atoms with Gasteiger partial charge in [0.1, 0.15) is 5.69 Å². The van der Waals surface area contributed by atoms with Gasteiger partial charge in [0, 0.05) is 22.2 Å². The quantitative estimate of drug-likeness (QED) is 0.716. The number of esters is 1. The second-order valence-electron chi connectivity index (χ2n) is 4.46. The number of aromatic nitrogens is 4. The molecule has 0 radical (unpaired) electrons. The van der Waals surface area contributed by atoms with Crippen molar-refractivity contribution in [1.29, 1.82) is 0 Å². The Balaban J connectivity index is 2.17. The van der Waals surface area contributed by atoms with Gasteiger partial charge in [-0.15, -0.1) is 5.10 Å². The molecule has 0 bridgehead atoms. The average molecular weight is 270 g/mol. The molecule has 6 nitrogen and oxygen atoms in total. The maximum absolute atomic E-state index is 11.9. The van der Waals surface area contributed by atoms with Crippen molar-refractivity contribution in [2.24, 2.45) is 0 Å². The van der Waals surface area contributed by atoms with Gasteiger partial charge in [0.05, 0.1) is 6.61 Å². The monoisotopic (exact) mass is 270 g/mol. The van der Waals surface area contributed by atoms with Gasteiger partial charge in [-0.25, -0.2) is 4.79 Å². The summed E-state index contributed by atoms with van der Waals surface area (Å²) in [5, 5.41) is 11.5. The van der Waals surface area contributed by atoms with Crippen LogP contribution in [0, 0.1) is 6.92 Å². The molecule has 102 valence electrons. The molecule has 0 amide bonds. The molecule has 20 heavy (non-hydrogen) atoms. The van der Waals surface area contributed by atoms with Crippen LogP contribution in [0.25, 0.3) is 22.2 Å². The number of fused-ring (bicyclic) bond motifs is 1. The lowest BCUT2D eigenvalue weighted by molar-refractivity contribution is 0.0520. The van der Waals surface area contributed by atoms with Crippen molar-refractivity contribution in [3.05, 3.63) is 35.7 Å². The number of nitrogens with one attached hydrogen (secondary N) is 2. The first kappa shape index (κ1) is 12.4. The number of ether oxygens (including phenoxy) is 1. The zero-order valence-electron chi connectivity index (χ0n) is 11.2. The van der Waals surface area contributed by atoms with Gasteiger partial charge in [-0.2, -0.15) is 10.3 Å². The first-order chi connectivity index (χ1) is 9.70. The van der Waals surface area contributed by atoms with E-state index >= 15 is 0 Å². The molecule has 0 saturated heterocycles. The van der Waals surface area contributed by atoms with Gasteiger partial charge in [0.15, 0.2) is 5.69 Å². The molecule has 3 aromatic rings. The molecule has 0 aliphatic rings. The Morgan fingerprint density at radius 3 is 3.00 bits per heavy atom. The smallest absolute Gasteiger partial charge is 0.361 e. The van der Waals surface area contributed by atoms with Gasteiger partial charge in [0.25, 0.3) is 0 Å². The predicted molar refractivity (Wildman–Crippen MR) is 74.4 cm³/mol. The Labute approximate surface area is 115 Å². The van der Waals surface area contributed by atoms with Crippen molar-refractivity contribution in [3.63, 3.8) is 0 Å². The number of rotatable bonds is 3. The summed E-state index contributed by atoms with van der Waals surface area (Å²) in [6, 6.07) is 7.83.